The first kappa shape index (κ1) is 24.7. The van der Waals surface area contributed by atoms with Crippen LogP contribution in [0.5, 0.6) is 5.75 Å². The van der Waals surface area contributed by atoms with Crippen molar-refractivity contribution in [3.05, 3.63) is 101 Å². The highest BCUT2D eigenvalue weighted by molar-refractivity contribution is 5.42. The van der Waals surface area contributed by atoms with Crippen LogP contribution in [0.25, 0.3) is 0 Å². The standard InChI is InChI=1S/C34H40O3/c1-3-35-32-21-29-28(27-15-14-26(20-30(27)32)36-22-24-10-6-4-7-11-24)18-19-34(2)31(29)16-17-33(34)37-23-25-12-8-5-9-13-25/h4-15,20,28-29,31-33H,3,16-19,21-23H2,1-2H3/t28-,29-,31+,32+,33+,34+/m1/s1. The molecule has 6 atom stereocenters. The van der Waals surface area contributed by atoms with Crippen molar-refractivity contribution in [1.82, 2.24) is 0 Å². The fourth-order valence-electron chi connectivity index (χ4n) is 7.73. The minimum Gasteiger partial charge on any atom is -0.489 e. The molecule has 37 heavy (non-hydrogen) atoms. The molecule has 0 amide bonds. The summed E-state index contributed by atoms with van der Waals surface area (Å²) in [5, 5.41) is 0. The van der Waals surface area contributed by atoms with E-state index in [2.05, 4.69) is 86.6 Å². The molecule has 0 spiro atoms. The van der Waals surface area contributed by atoms with E-state index in [1.54, 1.807) is 0 Å². The number of ether oxygens (including phenoxy) is 3. The summed E-state index contributed by atoms with van der Waals surface area (Å²) in [5.41, 5.74) is 5.57. The van der Waals surface area contributed by atoms with Crippen LogP contribution in [-0.2, 0) is 22.7 Å². The second kappa shape index (κ2) is 10.6. The van der Waals surface area contributed by atoms with Gasteiger partial charge in [-0.15, -0.1) is 0 Å². The van der Waals surface area contributed by atoms with E-state index in [0.29, 0.717) is 30.5 Å². The Balaban J connectivity index is 1.20. The van der Waals surface area contributed by atoms with Crippen LogP contribution in [0.2, 0.25) is 0 Å². The minimum absolute atomic E-state index is 0.146. The van der Waals surface area contributed by atoms with E-state index in [1.807, 2.05) is 6.07 Å². The Kier molecular flexibility index (Phi) is 7.10. The smallest absolute Gasteiger partial charge is 0.120 e. The average Bonchev–Trinajstić information content (AvgIpc) is 3.28. The molecule has 0 saturated heterocycles. The Labute approximate surface area is 222 Å². The van der Waals surface area contributed by atoms with Crippen molar-refractivity contribution in [3.8, 4) is 5.75 Å². The van der Waals surface area contributed by atoms with Crippen LogP contribution in [0, 0.1) is 17.3 Å². The summed E-state index contributed by atoms with van der Waals surface area (Å²) in [7, 11) is 0. The summed E-state index contributed by atoms with van der Waals surface area (Å²) in [4.78, 5) is 0. The third kappa shape index (κ3) is 4.84. The third-order valence-electron chi connectivity index (χ3n) is 9.55. The SMILES string of the molecule is CCO[C@H]1C[C@@H]2[C@H](CC[C@]3(C)[C@@H](OCc4ccccc4)CC[C@@H]23)c2ccc(OCc3ccccc3)cc21. The van der Waals surface area contributed by atoms with Crippen molar-refractivity contribution in [2.45, 2.75) is 77.3 Å². The zero-order chi connectivity index (χ0) is 25.2. The highest BCUT2D eigenvalue weighted by Crippen LogP contribution is 2.63. The van der Waals surface area contributed by atoms with Gasteiger partial charge in [-0.25, -0.2) is 0 Å². The van der Waals surface area contributed by atoms with Gasteiger partial charge in [0.05, 0.1) is 18.8 Å². The molecule has 3 aromatic carbocycles. The molecule has 0 aliphatic heterocycles. The van der Waals surface area contributed by atoms with E-state index in [-0.39, 0.29) is 11.5 Å². The topological polar surface area (TPSA) is 27.7 Å². The zero-order valence-corrected chi connectivity index (χ0v) is 22.3. The van der Waals surface area contributed by atoms with E-state index in [9.17, 15) is 0 Å². The van der Waals surface area contributed by atoms with Gasteiger partial charge in [0.25, 0.3) is 0 Å². The third-order valence-corrected chi connectivity index (χ3v) is 9.55. The lowest BCUT2D eigenvalue weighted by Crippen LogP contribution is -2.45. The maximum atomic E-state index is 6.62. The largest absolute Gasteiger partial charge is 0.489 e. The quantitative estimate of drug-likeness (QED) is 0.314. The summed E-state index contributed by atoms with van der Waals surface area (Å²) in [6.07, 6.45) is 6.52. The van der Waals surface area contributed by atoms with Crippen LogP contribution >= 0.6 is 0 Å². The predicted molar refractivity (Wildman–Crippen MR) is 148 cm³/mol. The lowest BCUT2D eigenvalue weighted by Gasteiger charge is -2.52. The van der Waals surface area contributed by atoms with Gasteiger partial charge in [-0.1, -0.05) is 73.7 Å². The molecule has 0 bridgehead atoms. The zero-order valence-electron chi connectivity index (χ0n) is 22.3. The van der Waals surface area contributed by atoms with Gasteiger partial charge in [0.2, 0.25) is 0 Å². The monoisotopic (exact) mass is 496 g/mol. The molecule has 0 unspecified atom stereocenters. The van der Waals surface area contributed by atoms with E-state index in [0.717, 1.165) is 25.4 Å². The van der Waals surface area contributed by atoms with Gasteiger partial charge in [0.15, 0.2) is 0 Å². The highest BCUT2D eigenvalue weighted by Gasteiger charge is 2.56. The van der Waals surface area contributed by atoms with Gasteiger partial charge < -0.3 is 14.2 Å². The minimum atomic E-state index is 0.146. The number of hydrogen-bond donors (Lipinski definition) is 0. The number of rotatable bonds is 8. The molecule has 3 aromatic rings. The van der Waals surface area contributed by atoms with Crippen molar-refractivity contribution in [2.24, 2.45) is 17.3 Å². The number of benzene rings is 3. The summed E-state index contributed by atoms with van der Waals surface area (Å²) in [5.74, 6) is 2.91. The van der Waals surface area contributed by atoms with Gasteiger partial charge >= 0.3 is 0 Å². The van der Waals surface area contributed by atoms with Crippen LogP contribution in [-0.4, -0.2) is 12.7 Å². The fourth-order valence-corrected chi connectivity index (χ4v) is 7.73. The summed E-state index contributed by atoms with van der Waals surface area (Å²) in [6, 6.07) is 27.8. The van der Waals surface area contributed by atoms with Crippen LogP contribution < -0.4 is 4.74 Å². The average molecular weight is 497 g/mol. The summed E-state index contributed by atoms with van der Waals surface area (Å²) < 4.78 is 19.2. The second-order valence-corrected chi connectivity index (χ2v) is 11.5. The van der Waals surface area contributed by atoms with E-state index >= 15 is 0 Å². The van der Waals surface area contributed by atoms with Crippen molar-refractivity contribution in [1.29, 1.82) is 0 Å². The molecular formula is C34H40O3. The van der Waals surface area contributed by atoms with E-state index in [4.69, 9.17) is 14.2 Å². The molecule has 194 valence electrons. The molecule has 2 saturated carbocycles. The summed E-state index contributed by atoms with van der Waals surface area (Å²) >= 11 is 0. The number of fused-ring (bicyclic) bond motifs is 5. The van der Waals surface area contributed by atoms with Gasteiger partial charge in [0.1, 0.15) is 12.4 Å². The maximum absolute atomic E-state index is 6.62. The fraction of sp³-hybridized carbons (Fsp3) is 0.471. The molecular weight excluding hydrogens is 456 g/mol. The lowest BCUT2D eigenvalue weighted by molar-refractivity contribution is -0.0816. The van der Waals surface area contributed by atoms with Crippen molar-refractivity contribution < 1.29 is 14.2 Å². The summed E-state index contributed by atoms with van der Waals surface area (Å²) in [6.45, 7) is 6.69. The van der Waals surface area contributed by atoms with E-state index < -0.39 is 0 Å². The molecule has 6 rings (SSSR count). The molecule has 0 aromatic heterocycles. The van der Waals surface area contributed by atoms with Crippen molar-refractivity contribution in [3.63, 3.8) is 0 Å². The molecule has 0 radical (unpaired) electrons. The van der Waals surface area contributed by atoms with Gasteiger partial charge in [0, 0.05) is 6.61 Å². The molecule has 3 heteroatoms. The highest BCUT2D eigenvalue weighted by atomic mass is 16.5. The second-order valence-electron chi connectivity index (χ2n) is 11.5. The van der Waals surface area contributed by atoms with E-state index in [1.165, 1.54) is 47.9 Å². The molecule has 0 N–H and O–H groups in total. The van der Waals surface area contributed by atoms with Crippen LogP contribution in [0.4, 0.5) is 0 Å². The van der Waals surface area contributed by atoms with Crippen molar-refractivity contribution in [2.75, 3.05) is 6.61 Å². The molecule has 3 nitrogen and oxygen atoms in total. The van der Waals surface area contributed by atoms with Gasteiger partial charge in [-0.3, -0.25) is 0 Å². The van der Waals surface area contributed by atoms with Gasteiger partial charge in [-0.2, -0.15) is 0 Å². The Morgan fingerprint density at radius 3 is 2.24 bits per heavy atom. The number of hydrogen-bond acceptors (Lipinski definition) is 3. The first-order chi connectivity index (χ1) is 18.2. The normalized spacial score (nSPS) is 30.3. The molecule has 3 aliphatic rings. The Hall–Kier alpha value is -2.62. The molecule has 0 heterocycles. The Morgan fingerprint density at radius 2 is 1.51 bits per heavy atom. The van der Waals surface area contributed by atoms with Crippen molar-refractivity contribution >= 4 is 0 Å². The lowest BCUT2D eigenvalue weighted by atomic mass is 9.55. The maximum Gasteiger partial charge on any atom is 0.120 e. The Bertz CT molecular complexity index is 1180. The first-order valence-corrected chi connectivity index (χ1v) is 14.2. The molecule has 3 aliphatic carbocycles. The first-order valence-electron chi connectivity index (χ1n) is 14.2. The van der Waals surface area contributed by atoms with Gasteiger partial charge in [-0.05, 0) is 96.6 Å². The van der Waals surface area contributed by atoms with Crippen LogP contribution in [0.15, 0.2) is 78.9 Å². The van der Waals surface area contributed by atoms with Crippen LogP contribution in [0.3, 0.4) is 0 Å². The predicted octanol–water partition coefficient (Wildman–Crippen LogP) is 8.24. The Morgan fingerprint density at radius 1 is 0.784 bits per heavy atom. The van der Waals surface area contributed by atoms with Crippen LogP contribution in [0.1, 0.15) is 80.2 Å². The molecule has 2 fully saturated rings.